The summed E-state index contributed by atoms with van der Waals surface area (Å²) in [6.45, 7) is 2.40. The van der Waals surface area contributed by atoms with Crippen molar-refractivity contribution >= 4 is 30.7 Å². The number of benzene rings is 2. The van der Waals surface area contributed by atoms with E-state index in [-0.39, 0.29) is 36.8 Å². The van der Waals surface area contributed by atoms with E-state index in [4.69, 9.17) is 5.73 Å². The second-order valence-electron chi connectivity index (χ2n) is 6.86. The number of halogens is 2. The lowest BCUT2D eigenvalue weighted by Gasteiger charge is -2.24. The molecule has 0 heterocycles. The highest BCUT2D eigenvalue weighted by Crippen LogP contribution is 2.32. The molecule has 0 bridgehead atoms. The summed E-state index contributed by atoms with van der Waals surface area (Å²) in [7, 11) is 0. The lowest BCUT2D eigenvalue weighted by molar-refractivity contribution is -0.123. The highest BCUT2D eigenvalue weighted by molar-refractivity contribution is 5.85. The van der Waals surface area contributed by atoms with Gasteiger partial charge in [-0.3, -0.25) is 9.69 Å². The van der Waals surface area contributed by atoms with E-state index in [1.165, 1.54) is 24.0 Å². The van der Waals surface area contributed by atoms with Crippen LogP contribution < -0.4 is 11.1 Å². The Bertz CT molecular complexity index is 624. The van der Waals surface area contributed by atoms with Crippen LogP contribution in [-0.2, 0) is 17.9 Å². The molecule has 3 rings (SSSR count). The van der Waals surface area contributed by atoms with Gasteiger partial charge in [0.15, 0.2) is 0 Å². The van der Waals surface area contributed by atoms with Crippen molar-refractivity contribution in [1.29, 1.82) is 0 Å². The summed E-state index contributed by atoms with van der Waals surface area (Å²) in [5.74, 6) is 0.639. The summed E-state index contributed by atoms with van der Waals surface area (Å²) >= 11 is 0. The van der Waals surface area contributed by atoms with Crippen LogP contribution in [0.15, 0.2) is 60.7 Å². The van der Waals surface area contributed by atoms with Gasteiger partial charge in [-0.2, -0.15) is 0 Å². The van der Waals surface area contributed by atoms with Crippen LogP contribution in [0.3, 0.4) is 0 Å². The van der Waals surface area contributed by atoms with Gasteiger partial charge in [0, 0.05) is 25.7 Å². The van der Waals surface area contributed by atoms with Gasteiger partial charge in [-0.25, -0.2) is 0 Å². The predicted molar refractivity (Wildman–Crippen MR) is 115 cm³/mol. The second kappa shape index (κ2) is 12.0. The maximum Gasteiger partial charge on any atom is 0.234 e. The Labute approximate surface area is 174 Å². The average Bonchev–Trinajstić information content (AvgIpc) is 3.46. The largest absolute Gasteiger partial charge is 0.351 e. The van der Waals surface area contributed by atoms with Crippen LogP contribution in [0.25, 0.3) is 0 Å². The normalized spacial score (nSPS) is 14.0. The van der Waals surface area contributed by atoms with Crippen LogP contribution in [0.4, 0.5) is 0 Å². The van der Waals surface area contributed by atoms with Crippen LogP contribution in [0, 0.1) is 5.92 Å². The van der Waals surface area contributed by atoms with Crippen LogP contribution in [0.1, 0.15) is 24.0 Å². The summed E-state index contributed by atoms with van der Waals surface area (Å²) < 4.78 is 0. The van der Waals surface area contributed by atoms with E-state index in [2.05, 4.69) is 34.5 Å². The first-order valence-corrected chi connectivity index (χ1v) is 9.04. The van der Waals surface area contributed by atoms with Gasteiger partial charge in [0.05, 0.1) is 6.54 Å². The zero-order valence-electron chi connectivity index (χ0n) is 15.4. The predicted octanol–water partition coefficient (Wildman–Crippen LogP) is 3.39. The Hall–Kier alpha value is -1.59. The third-order valence-corrected chi connectivity index (χ3v) is 4.66. The highest BCUT2D eigenvalue weighted by Gasteiger charge is 2.31. The molecule has 1 aliphatic carbocycles. The van der Waals surface area contributed by atoms with Crippen molar-refractivity contribution in [2.45, 2.75) is 32.0 Å². The fourth-order valence-corrected chi connectivity index (χ4v) is 3.17. The smallest absolute Gasteiger partial charge is 0.234 e. The standard InChI is InChI=1S/C21H27N3O.2ClH/c22-13-20(19-11-12-19)23-21(25)16-24(14-17-7-3-1-4-8-17)15-18-9-5-2-6-10-18;;/h1-10,19-20H,11-16,22H2,(H,23,25);2*1H. The number of nitrogens with two attached hydrogens (primary N) is 1. The molecule has 2 aromatic carbocycles. The number of amides is 1. The molecule has 1 amide bonds. The van der Waals surface area contributed by atoms with Gasteiger partial charge in [0.25, 0.3) is 0 Å². The zero-order valence-corrected chi connectivity index (χ0v) is 17.1. The Morgan fingerprint density at radius 3 is 1.85 bits per heavy atom. The third kappa shape index (κ3) is 7.89. The lowest BCUT2D eigenvalue weighted by Crippen LogP contribution is -2.46. The number of carbonyl (C=O) groups excluding carboxylic acids is 1. The van der Waals surface area contributed by atoms with Crippen LogP contribution in [-0.4, -0.2) is 29.9 Å². The summed E-state index contributed by atoms with van der Waals surface area (Å²) in [6, 6.07) is 20.7. The molecular weight excluding hydrogens is 381 g/mol. The molecule has 148 valence electrons. The van der Waals surface area contributed by atoms with Crippen molar-refractivity contribution in [3.63, 3.8) is 0 Å². The third-order valence-electron chi connectivity index (χ3n) is 4.66. The Balaban J connectivity index is 0.00000182. The molecule has 0 saturated heterocycles. The molecule has 0 radical (unpaired) electrons. The number of carbonyl (C=O) groups is 1. The zero-order chi connectivity index (χ0) is 17.5. The van der Waals surface area contributed by atoms with Gasteiger partial charge in [-0.15, -0.1) is 24.8 Å². The SMILES string of the molecule is Cl.Cl.NCC(NC(=O)CN(Cc1ccccc1)Cc1ccccc1)C1CC1. The number of nitrogens with zero attached hydrogens (tertiary/aromatic N) is 1. The summed E-state index contributed by atoms with van der Waals surface area (Å²) in [5.41, 5.74) is 8.24. The molecule has 1 atom stereocenters. The van der Waals surface area contributed by atoms with Crippen molar-refractivity contribution in [2.24, 2.45) is 11.7 Å². The van der Waals surface area contributed by atoms with Crippen LogP contribution in [0.5, 0.6) is 0 Å². The van der Waals surface area contributed by atoms with Gasteiger partial charge >= 0.3 is 0 Å². The molecule has 1 saturated carbocycles. The van der Waals surface area contributed by atoms with Gasteiger partial charge in [0.1, 0.15) is 0 Å². The maximum atomic E-state index is 12.5. The molecule has 4 nitrogen and oxygen atoms in total. The Morgan fingerprint density at radius 1 is 0.963 bits per heavy atom. The second-order valence-corrected chi connectivity index (χ2v) is 6.86. The Kier molecular flexibility index (Phi) is 10.4. The van der Waals surface area contributed by atoms with E-state index in [0.29, 0.717) is 19.0 Å². The van der Waals surface area contributed by atoms with Gasteiger partial charge < -0.3 is 11.1 Å². The summed E-state index contributed by atoms with van der Waals surface area (Å²) in [5, 5.41) is 3.13. The minimum Gasteiger partial charge on any atom is -0.351 e. The minimum atomic E-state index is 0. The maximum absolute atomic E-state index is 12.5. The molecule has 0 aliphatic heterocycles. The number of hydrogen-bond donors (Lipinski definition) is 2. The first kappa shape index (κ1) is 23.4. The van der Waals surface area contributed by atoms with Crippen molar-refractivity contribution in [3.8, 4) is 0 Å². The first-order valence-electron chi connectivity index (χ1n) is 9.04. The van der Waals surface area contributed by atoms with Gasteiger partial charge in [-0.05, 0) is 29.9 Å². The molecule has 1 fully saturated rings. The van der Waals surface area contributed by atoms with E-state index in [1.807, 2.05) is 36.4 Å². The van der Waals surface area contributed by atoms with Gasteiger partial charge in [0.2, 0.25) is 5.91 Å². The van der Waals surface area contributed by atoms with Crippen LogP contribution >= 0.6 is 24.8 Å². The number of rotatable bonds is 9. The first-order chi connectivity index (χ1) is 12.2. The minimum absolute atomic E-state index is 0. The molecule has 3 N–H and O–H groups in total. The summed E-state index contributed by atoms with van der Waals surface area (Å²) in [6.07, 6.45) is 2.36. The van der Waals surface area contributed by atoms with E-state index in [1.54, 1.807) is 0 Å². The van der Waals surface area contributed by atoms with Crippen molar-refractivity contribution < 1.29 is 4.79 Å². The molecule has 2 aromatic rings. The fraction of sp³-hybridized carbons (Fsp3) is 0.381. The van der Waals surface area contributed by atoms with E-state index >= 15 is 0 Å². The lowest BCUT2D eigenvalue weighted by atomic mass is 10.1. The highest BCUT2D eigenvalue weighted by atomic mass is 35.5. The van der Waals surface area contributed by atoms with Crippen molar-refractivity contribution in [2.75, 3.05) is 13.1 Å². The molecular formula is C21H29Cl2N3O. The van der Waals surface area contributed by atoms with Crippen LogP contribution in [0.2, 0.25) is 0 Å². The molecule has 6 heteroatoms. The van der Waals surface area contributed by atoms with E-state index in [0.717, 1.165) is 13.1 Å². The summed E-state index contributed by atoms with van der Waals surface area (Å²) in [4.78, 5) is 14.7. The van der Waals surface area contributed by atoms with Gasteiger partial charge in [-0.1, -0.05) is 60.7 Å². The van der Waals surface area contributed by atoms with Crippen molar-refractivity contribution in [1.82, 2.24) is 10.2 Å². The topological polar surface area (TPSA) is 58.4 Å². The van der Waals surface area contributed by atoms with E-state index < -0.39 is 0 Å². The monoisotopic (exact) mass is 409 g/mol. The number of hydrogen-bond acceptors (Lipinski definition) is 3. The molecule has 1 aliphatic rings. The molecule has 27 heavy (non-hydrogen) atoms. The molecule has 1 unspecified atom stereocenters. The quantitative estimate of drug-likeness (QED) is 0.666. The fourth-order valence-electron chi connectivity index (χ4n) is 3.17. The Morgan fingerprint density at radius 2 is 1.44 bits per heavy atom. The number of nitrogens with one attached hydrogen (secondary N) is 1. The van der Waals surface area contributed by atoms with Crippen molar-refractivity contribution in [3.05, 3.63) is 71.8 Å². The molecule has 0 aromatic heterocycles. The average molecular weight is 410 g/mol. The molecule has 0 spiro atoms. The van der Waals surface area contributed by atoms with E-state index in [9.17, 15) is 4.79 Å².